The van der Waals surface area contributed by atoms with Crippen molar-refractivity contribution >= 4 is 11.9 Å². The zero-order valence-corrected chi connectivity index (χ0v) is 10.2. The summed E-state index contributed by atoms with van der Waals surface area (Å²) in [7, 11) is 0. The van der Waals surface area contributed by atoms with Gasteiger partial charge in [-0.1, -0.05) is 20.8 Å². The maximum Gasteiger partial charge on any atom is 0.356 e. The molecule has 0 fully saturated rings. The van der Waals surface area contributed by atoms with Crippen LogP contribution in [-0.2, 0) is 11.3 Å². The molecule has 0 aromatic carbocycles. The predicted molar refractivity (Wildman–Crippen MR) is 61.7 cm³/mol. The van der Waals surface area contributed by atoms with Crippen LogP contribution in [0.5, 0.6) is 0 Å². The summed E-state index contributed by atoms with van der Waals surface area (Å²) in [6.45, 7) is 6.46. The van der Waals surface area contributed by atoms with Gasteiger partial charge >= 0.3 is 5.97 Å². The number of imidazole rings is 1. The minimum absolute atomic E-state index is 0.00662. The van der Waals surface area contributed by atoms with E-state index in [1.807, 2.05) is 20.8 Å². The van der Waals surface area contributed by atoms with Crippen molar-refractivity contribution < 1.29 is 14.7 Å². The summed E-state index contributed by atoms with van der Waals surface area (Å²) in [6, 6.07) is 0. The van der Waals surface area contributed by atoms with Crippen molar-refractivity contribution in [1.29, 1.82) is 0 Å². The fourth-order valence-electron chi connectivity index (χ4n) is 1.16. The number of aromatic carboxylic acids is 1. The first-order chi connectivity index (χ1) is 7.80. The molecule has 1 aromatic rings. The number of carboxylic acids is 1. The molecule has 0 spiro atoms. The Morgan fingerprint density at radius 1 is 1.47 bits per heavy atom. The quantitative estimate of drug-likeness (QED) is 0.811. The van der Waals surface area contributed by atoms with Gasteiger partial charge in [0.15, 0.2) is 5.69 Å². The molecule has 1 rings (SSSR count). The number of amides is 1. The lowest BCUT2D eigenvalue weighted by Crippen LogP contribution is -2.36. The van der Waals surface area contributed by atoms with E-state index in [4.69, 9.17) is 5.11 Å². The third-order valence-electron chi connectivity index (χ3n) is 2.19. The van der Waals surface area contributed by atoms with E-state index in [0.717, 1.165) is 0 Å². The van der Waals surface area contributed by atoms with Gasteiger partial charge in [-0.05, 0) is 0 Å². The molecule has 17 heavy (non-hydrogen) atoms. The maximum atomic E-state index is 11.5. The van der Waals surface area contributed by atoms with E-state index in [1.54, 1.807) is 4.57 Å². The Balaban J connectivity index is 2.41. The van der Waals surface area contributed by atoms with Crippen molar-refractivity contribution in [3.63, 3.8) is 0 Å². The molecule has 94 valence electrons. The van der Waals surface area contributed by atoms with Gasteiger partial charge in [-0.2, -0.15) is 0 Å². The first-order valence-corrected chi connectivity index (χ1v) is 5.34. The molecule has 0 bridgehead atoms. The van der Waals surface area contributed by atoms with E-state index in [-0.39, 0.29) is 11.6 Å². The van der Waals surface area contributed by atoms with Crippen molar-refractivity contribution in [3.05, 3.63) is 18.2 Å². The molecule has 0 saturated carbocycles. The molecular formula is C11H17N3O3. The molecule has 1 amide bonds. The average Bonchev–Trinajstić information content (AvgIpc) is 2.64. The van der Waals surface area contributed by atoms with Gasteiger partial charge in [0.05, 0.1) is 6.33 Å². The number of hydrogen-bond acceptors (Lipinski definition) is 3. The van der Waals surface area contributed by atoms with Gasteiger partial charge in [-0.25, -0.2) is 9.78 Å². The van der Waals surface area contributed by atoms with Gasteiger partial charge in [0.2, 0.25) is 5.91 Å². The first-order valence-electron chi connectivity index (χ1n) is 5.34. The molecule has 0 aliphatic rings. The standard InChI is InChI=1S/C11H17N3O3/c1-11(2,3)10(17)12-4-5-14-6-8(9(15)16)13-7-14/h6-7H,4-5H2,1-3H3,(H,12,17)(H,15,16). The third-order valence-corrected chi connectivity index (χ3v) is 2.19. The van der Waals surface area contributed by atoms with Crippen LogP contribution in [-0.4, -0.2) is 33.1 Å². The van der Waals surface area contributed by atoms with Gasteiger partial charge in [0.1, 0.15) is 0 Å². The largest absolute Gasteiger partial charge is 0.476 e. The van der Waals surface area contributed by atoms with Gasteiger partial charge in [-0.3, -0.25) is 4.79 Å². The summed E-state index contributed by atoms with van der Waals surface area (Å²) in [5, 5.41) is 11.4. The van der Waals surface area contributed by atoms with Crippen LogP contribution in [0.2, 0.25) is 0 Å². The lowest BCUT2D eigenvalue weighted by molar-refractivity contribution is -0.128. The van der Waals surface area contributed by atoms with Crippen LogP contribution in [0.25, 0.3) is 0 Å². The number of carboxylic acid groups (broad SMARTS) is 1. The highest BCUT2D eigenvalue weighted by Crippen LogP contribution is 2.11. The molecular weight excluding hydrogens is 222 g/mol. The van der Waals surface area contributed by atoms with Crippen molar-refractivity contribution in [1.82, 2.24) is 14.9 Å². The number of carbonyl (C=O) groups is 2. The lowest BCUT2D eigenvalue weighted by atomic mass is 9.96. The molecule has 6 nitrogen and oxygen atoms in total. The summed E-state index contributed by atoms with van der Waals surface area (Å²) in [5.41, 5.74) is -0.409. The van der Waals surface area contributed by atoms with E-state index in [1.165, 1.54) is 12.5 Å². The second kappa shape index (κ2) is 4.99. The van der Waals surface area contributed by atoms with Crippen LogP contribution in [0.3, 0.4) is 0 Å². The molecule has 1 aromatic heterocycles. The normalized spacial score (nSPS) is 11.2. The van der Waals surface area contributed by atoms with E-state index < -0.39 is 11.4 Å². The SMILES string of the molecule is CC(C)(C)C(=O)NCCn1cnc(C(=O)O)c1. The Morgan fingerprint density at radius 3 is 2.59 bits per heavy atom. The number of carbonyl (C=O) groups excluding carboxylic acids is 1. The summed E-state index contributed by atoms with van der Waals surface area (Å²) in [4.78, 5) is 25.8. The zero-order chi connectivity index (χ0) is 13.1. The summed E-state index contributed by atoms with van der Waals surface area (Å²) in [6.07, 6.45) is 2.87. The molecule has 6 heteroatoms. The number of rotatable bonds is 4. The second-order valence-corrected chi connectivity index (χ2v) is 4.81. The van der Waals surface area contributed by atoms with E-state index in [2.05, 4.69) is 10.3 Å². The number of hydrogen-bond donors (Lipinski definition) is 2. The molecule has 2 N–H and O–H groups in total. The van der Waals surface area contributed by atoms with Crippen LogP contribution in [0.15, 0.2) is 12.5 Å². The minimum atomic E-state index is -1.05. The smallest absolute Gasteiger partial charge is 0.356 e. The average molecular weight is 239 g/mol. The highest BCUT2D eigenvalue weighted by atomic mass is 16.4. The molecule has 0 atom stereocenters. The van der Waals surface area contributed by atoms with Crippen molar-refractivity contribution in [2.24, 2.45) is 5.41 Å². The number of nitrogens with zero attached hydrogens (tertiary/aromatic N) is 2. The monoisotopic (exact) mass is 239 g/mol. The molecule has 0 aliphatic carbocycles. The zero-order valence-electron chi connectivity index (χ0n) is 10.2. The Labute approximate surface area is 99.7 Å². The van der Waals surface area contributed by atoms with Gasteiger partial charge in [0, 0.05) is 24.7 Å². The second-order valence-electron chi connectivity index (χ2n) is 4.81. The van der Waals surface area contributed by atoms with E-state index in [0.29, 0.717) is 13.1 Å². The highest BCUT2D eigenvalue weighted by Gasteiger charge is 2.20. The Bertz CT molecular complexity index is 418. The molecule has 0 radical (unpaired) electrons. The van der Waals surface area contributed by atoms with Crippen LogP contribution in [0.1, 0.15) is 31.3 Å². The van der Waals surface area contributed by atoms with Crippen LogP contribution in [0.4, 0.5) is 0 Å². The first kappa shape index (κ1) is 13.2. The Hall–Kier alpha value is -1.85. The molecule has 0 aliphatic heterocycles. The third kappa shape index (κ3) is 3.90. The highest BCUT2D eigenvalue weighted by molar-refractivity contribution is 5.84. The molecule has 1 heterocycles. The predicted octanol–water partition coefficient (Wildman–Crippen LogP) is 0.744. The van der Waals surface area contributed by atoms with Gasteiger partial charge in [-0.15, -0.1) is 0 Å². The molecule has 0 unspecified atom stereocenters. The number of aromatic nitrogens is 2. The topological polar surface area (TPSA) is 84.2 Å². The van der Waals surface area contributed by atoms with Crippen molar-refractivity contribution in [2.45, 2.75) is 27.3 Å². The van der Waals surface area contributed by atoms with Crippen LogP contribution < -0.4 is 5.32 Å². The summed E-state index contributed by atoms with van der Waals surface area (Å²) >= 11 is 0. The van der Waals surface area contributed by atoms with Crippen LogP contribution in [0, 0.1) is 5.41 Å². The summed E-state index contributed by atoms with van der Waals surface area (Å²) < 4.78 is 1.63. The van der Waals surface area contributed by atoms with Gasteiger partial charge in [0.25, 0.3) is 0 Å². The van der Waals surface area contributed by atoms with E-state index in [9.17, 15) is 9.59 Å². The van der Waals surface area contributed by atoms with Crippen molar-refractivity contribution in [2.75, 3.05) is 6.54 Å². The minimum Gasteiger partial charge on any atom is -0.476 e. The summed E-state index contributed by atoms with van der Waals surface area (Å²) in [5.74, 6) is -1.08. The van der Waals surface area contributed by atoms with Crippen LogP contribution >= 0.6 is 0 Å². The Morgan fingerprint density at radius 2 is 2.12 bits per heavy atom. The Kier molecular flexibility index (Phi) is 3.88. The number of nitrogens with one attached hydrogen (secondary N) is 1. The molecule has 0 saturated heterocycles. The van der Waals surface area contributed by atoms with Crippen molar-refractivity contribution in [3.8, 4) is 0 Å². The van der Waals surface area contributed by atoms with E-state index >= 15 is 0 Å². The van der Waals surface area contributed by atoms with Gasteiger partial charge < -0.3 is 15.0 Å². The fourth-order valence-corrected chi connectivity index (χ4v) is 1.16. The lowest BCUT2D eigenvalue weighted by Gasteiger charge is -2.17. The fraction of sp³-hybridized carbons (Fsp3) is 0.545. The maximum absolute atomic E-state index is 11.5.